The SMILES string of the molecule is CCc1ccc(N2CCN(C(=O)CCOCCn3nnc4ccc(C(N)=O)cc43)CC2)nc1. The van der Waals surface area contributed by atoms with Gasteiger partial charge < -0.3 is 20.3 Å². The Morgan fingerprint density at radius 3 is 2.61 bits per heavy atom. The highest BCUT2D eigenvalue weighted by atomic mass is 16.5. The van der Waals surface area contributed by atoms with E-state index in [1.807, 2.05) is 11.1 Å². The summed E-state index contributed by atoms with van der Waals surface area (Å²) in [5, 5.41) is 8.17. The molecule has 1 aliphatic rings. The third kappa shape index (κ3) is 5.46. The van der Waals surface area contributed by atoms with E-state index in [0.717, 1.165) is 30.8 Å². The van der Waals surface area contributed by atoms with Gasteiger partial charge in [-0.3, -0.25) is 9.59 Å². The number of aromatic nitrogens is 4. The lowest BCUT2D eigenvalue weighted by atomic mass is 10.2. The van der Waals surface area contributed by atoms with E-state index in [-0.39, 0.29) is 5.91 Å². The predicted molar refractivity (Wildman–Crippen MR) is 124 cm³/mol. The van der Waals surface area contributed by atoms with Gasteiger partial charge in [-0.05, 0) is 36.2 Å². The molecule has 0 spiro atoms. The largest absolute Gasteiger partial charge is 0.379 e. The van der Waals surface area contributed by atoms with E-state index >= 15 is 0 Å². The molecule has 174 valence electrons. The van der Waals surface area contributed by atoms with Crippen LogP contribution < -0.4 is 10.6 Å². The zero-order valence-corrected chi connectivity index (χ0v) is 18.8. The highest BCUT2D eigenvalue weighted by molar-refractivity contribution is 5.96. The predicted octanol–water partition coefficient (Wildman–Crippen LogP) is 1.24. The number of anilines is 1. The smallest absolute Gasteiger partial charge is 0.248 e. The van der Waals surface area contributed by atoms with E-state index in [1.54, 1.807) is 22.9 Å². The molecule has 1 saturated heterocycles. The number of fused-ring (bicyclic) bond motifs is 1. The molecule has 4 rings (SSSR count). The number of benzene rings is 1. The van der Waals surface area contributed by atoms with E-state index in [2.05, 4.69) is 39.3 Å². The van der Waals surface area contributed by atoms with Crippen LogP contribution in [0.5, 0.6) is 0 Å². The Labute approximate surface area is 192 Å². The molecule has 0 aliphatic carbocycles. The summed E-state index contributed by atoms with van der Waals surface area (Å²) >= 11 is 0. The highest BCUT2D eigenvalue weighted by Crippen LogP contribution is 2.15. The molecule has 0 unspecified atom stereocenters. The number of hydrogen-bond donors (Lipinski definition) is 1. The van der Waals surface area contributed by atoms with Gasteiger partial charge in [0, 0.05) is 37.9 Å². The van der Waals surface area contributed by atoms with Gasteiger partial charge in [0.1, 0.15) is 11.3 Å². The molecule has 1 fully saturated rings. The van der Waals surface area contributed by atoms with Crippen molar-refractivity contribution in [1.29, 1.82) is 0 Å². The molecule has 0 saturated carbocycles. The number of pyridine rings is 1. The summed E-state index contributed by atoms with van der Waals surface area (Å²) in [6.07, 6.45) is 3.24. The van der Waals surface area contributed by atoms with Gasteiger partial charge in [-0.15, -0.1) is 5.10 Å². The molecule has 3 heterocycles. The van der Waals surface area contributed by atoms with Crippen molar-refractivity contribution in [3.05, 3.63) is 47.7 Å². The fraction of sp³-hybridized carbons (Fsp3) is 0.435. The van der Waals surface area contributed by atoms with Crippen molar-refractivity contribution in [3.63, 3.8) is 0 Å². The van der Waals surface area contributed by atoms with Crippen molar-refractivity contribution >= 4 is 28.7 Å². The monoisotopic (exact) mass is 451 g/mol. The zero-order chi connectivity index (χ0) is 23.2. The van der Waals surface area contributed by atoms with Crippen LogP contribution in [0.15, 0.2) is 36.5 Å². The Morgan fingerprint density at radius 2 is 1.91 bits per heavy atom. The van der Waals surface area contributed by atoms with Crippen LogP contribution in [0.3, 0.4) is 0 Å². The first kappa shape index (κ1) is 22.7. The Hall–Kier alpha value is -3.53. The fourth-order valence-electron chi connectivity index (χ4n) is 3.85. The van der Waals surface area contributed by atoms with Crippen LogP contribution in [0, 0.1) is 0 Å². The molecular weight excluding hydrogens is 422 g/mol. The normalized spacial score (nSPS) is 14.1. The van der Waals surface area contributed by atoms with E-state index in [9.17, 15) is 9.59 Å². The topological polar surface area (TPSA) is 119 Å². The third-order valence-corrected chi connectivity index (χ3v) is 5.88. The van der Waals surface area contributed by atoms with Gasteiger partial charge in [0.15, 0.2) is 0 Å². The molecule has 33 heavy (non-hydrogen) atoms. The van der Waals surface area contributed by atoms with Crippen molar-refractivity contribution in [3.8, 4) is 0 Å². The van der Waals surface area contributed by atoms with Gasteiger partial charge in [-0.2, -0.15) is 0 Å². The number of rotatable bonds is 9. The van der Waals surface area contributed by atoms with E-state index in [1.165, 1.54) is 5.56 Å². The summed E-state index contributed by atoms with van der Waals surface area (Å²) in [7, 11) is 0. The number of hydrogen-bond acceptors (Lipinski definition) is 7. The highest BCUT2D eigenvalue weighted by Gasteiger charge is 2.21. The lowest BCUT2D eigenvalue weighted by Crippen LogP contribution is -2.49. The van der Waals surface area contributed by atoms with Crippen LogP contribution >= 0.6 is 0 Å². The molecule has 10 nitrogen and oxygen atoms in total. The lowest BCUT2D eigenvalue weighted by Gasteiger charge is -2.35. The number of nitrogens with zero attached hydrogens (tertiary/aromatic N) is 6. The van der Waals surface area contributed by atoms with Crippen molar-refractivity contribution < 1.29 is 14.3 Å². The number of carbonyl (C=O) groups is 2. The molecule has 10 heteroatoms. The molecule has 1 aromatic carbocycles. The summed E-state index contributed by atoms with van der Waals surface area (Å²) in [5.74, 6) is 0.568. The van der Waals surface area contributed by atoms with E-state index in [4.69, 9.17) is 10.5 Å². The first-order valence-corrected chi connectivity index (χ1v) is 11.2. The van der Waals surface area contributed by atoms with Crippen molar-refractivity contribution in [2.75, 3.05) is 44.3 Å². The zero-order valence-electron chi connectivity index (χ0n) is 18.8. The third-order valence-electron chi connectivity index (χ3n) is 5.88. The second-order valence-corrected chi connectivity index (χ2v) is 7.99. The molecule has 1 aliphatic heterocycles. The fourth-order valence-corrected chi connectivity index (χ4v) is 3.85. The summed E-state index contributed by atoms with van der Waals surface area (Å²) in [4.78, 5) is 32.6. The minimum Gasteiger partial charge on any atom is -0.379 e. The quantitative estimate of drug-likeness (QED) is 0.486. The van der Waals surface area contributed by atoms with Crippen LogP contribution in [-0.2, 0) is 22.5 Å². The van der Waals surface area contributed by atoms with Crippen molar-refractivity contribution in [2.45, 2.75) is 26.3 Å². The molecule has 2 amide bonds. The van der Waals surface area contributed by atoms with Gasteiger partial charge in [0.25, 0.3) is 0 Å². The number of ether oxygens (including phenoxy) is 1. The number of amides is 2. The van der Waals surface area contributed by atoms with Gasteiger partial charge in [0.2, 0.25) is 11.8 Å². The molecule has 0 atom stereocenters. The first-order valence-electron chi connectivity index (χ1n) is 11.2. The standard InChI is InChI=1S/C23H29N7O3/c1-2-17-3-6-21(25-16-17)28-8-10-29(11-9-28)22(31)7-13-33-14-12-30-20-15-18(23(24)32)4-5-19(20)26-27-30/h3-6,15-16H,2,7-14H2,1H3,(H2,24,32). The Bertz CT molecular complexity index is 1100. The number of carbonyl (C=O) groups excluding carboxylic acids is 2. The Morgan fingerprint density at radius 1 is 1.09 bits per heavy atom. The summed E-state index contributed by atoms with van der Waals surface area (Å²) in [6, 6.07) is 9.18. The molecule has 2 aromatic heterocycles. The second kappa shape index (κ2) is 10.4. The average Bonchev–Trinajstić information content (AvgIpc) is 3.26. The van der Waals surface area contributed by atoms with Crippen LogP contribution in [-0.4, -0.2) is 76.1 Å². The molecule has 0 radical (unpaired) electrons. The second-order valence-electron chi connectivity index (χ2n) is 7.99. The summed E-state index contributed by atoms with van der Waals surface area (Å²) in [6.45, 7) is 6.23. The maximum Gasteiger partial charge on any atom is 0.248 e. The van der Waals surface area contributed by atoms with Gasteiger partial charge in [0.05, 0.1) is 31.7 Å². The molecular formula is C23H29N7O3. The summed E-state index contributed by atoms with van der Waals surface area (Å²) < 4.78 is 7.33. The van der Waals surface area contributed by atoms with Gasteiger partial charge in [-0.1, -0.05) is 18.2 Å². The molecule has 2 N–H and O–H groups in total. The maximum absolute atomic E-state index is 12.5. The van der Waals surface area contributed by atoms with Crippen LogP contribution in [0.4, 0.5) is 5.82 Å². The number of nitrogens with two attached hydrogens (primary N) is 1. The minimum atomic E-state index is -0.495. The van der Waals surface area contributed by atoms with E-state index in [0.29, 0.717) is 50.3 Å². The van der Waals surface area contributed by atoms with Crippen LogP contribution in [0.2, 0.25) is 0 Å². The average molecular weight is 452 g/mol. The van der Waals surface area contributed by atoms with Gasteiger partial charge >= 0.3 is 0 Å². The maximum atomic E-state index is 12.5. The Kier molecular flexibility index (Phi) is 7.13. The summed E-state index contributed by atoms with van der Waals surface area (Å²) in [5.41, 5.74) is 8.39. The van der Waals surface area contributed by atoms with E-state index < -0.39 is 5.91 Å². The minimum absolute atomic E-state index is 0.0984. The van der Waals surface area contributed by atoms with Crippen molar-refractivity contribution in [2.24, 2.45) is 5.73 Å². The first-order chi connectivity index (χ1) is 16.0. The van der Waals surface area contributed by atoms with Crippen LogP contribution in [0.25, 0.3) is 11.0 Å². The van der Waals surface area contributed by atoms with Crippen LogP contribution in [0.1, 0.15) is 29.3 Å². The van der Waals surface area contributed by atoms with Gasteiger partial charge in [-0.25, -0.2) is 9.67 Å². The molecule has 0 bridgehead atoms. The molecule has 3 aromatic rings. The Balaban J connectivity index is 1.18. The van der Waals surface area contributed by atoms with Crippen molar-refractivity contribution in [1.82, 2.24) is 24.9 Å². The number of aryl methyl sites for hydroxylation is 1. The number of piperazine rings is 1. The number of primary amides is 1. The lowest BCUT2D eigenvalue weighted by molar-refractivity contribution is -0.132.